The fraction of sp³-hybridized carbons (Fsp3) is 0.321. The molecule has 4 nitrogen and oxygen atoms in total. The molecule has 172 valence electrons. The van der Waals surface area contributed by atoms with Gasteiger partial charge in [0.25, 0.3) is 0 Å². The molecule has 1 aliphatic heterocycles. The van der Waals surface area contributed by atoms with Crippen LogP contribution >= 0.6 is 11.6 Å². The van der Waals surface area contributed by atoms with Gasteiger partial charge in [0.15, 0.2) is 0 Å². The van der Waals surface area contributed by atoms with Gasteiger partial charge in [-0.1, -0.05) is 78.3 Å². The molecule has 0 aliphatic carbocycles. The average molecular weight is 462 g/mol. The molecule has 1 amide bonds. The van der Waals surface area contributed by atoms with Crippen LogP contribution in [0.5, 0.6) is 0 Å². The number of anilines is 1. The molecule has 1 heterocycles. The normalized spacial score (nSPS) is 14.8. The summed E-state index contributed by atoms with van der Waals surface area (Å²) >= 11 is 6.19. The molecule has 0 unspecified atom stereocenters. The fourth-order valence-corrected chi connectivity index (χ4v) is 5.05. The van der Waals surface area contributed by atoms with Gasteiger partial charge in [-0.3, -0.25) is 9.69 Å². The molecule has 0 N–H and O–H groups in total. The molecule has 0 bridgehead atoms. The van der Waals surface area contributed by atoms with Crippen LogP contribution in [-0.2, 0) is 10.2 Å². The van der Waals surface area contributed by atoms with Gasteiger partial charge >= 0.3 is 0 Å². The Morgan fingerprint density at radius 2 is 1.42 bits per heavy atom. The van der Waals surface area contributed by atoms with E-state index in [9.17, 15) is 4.79 Å². The Morgan fingerprint density at radius 1 is 0.848 bits per heavy atom. The zero-order chi connectivity index (χ0) is 23.3. The minimum absolute atomic E-state index is 0.123. The Hall–Kier alpha value is -2.82. The zero-order valence-corrected chi connectivity index (χ0v) is 20.2. The largest absolute Gasteiger partial charge is 0.369 e. The van der Waals surface area contributed by atoms with Crippen molar-refractivity contribution in [2.45, 2.75) is 11.8 Å². The van der Waals surface area contributed by atoms with Crippen LogP contribution in [0.4, 0.5) is 5.69 Å². The molecule has 1 aliphatic rings. The standard InChI is InChI=1S/C28H32ClN3O/c1-30(2)27(33)28(23-10-5-3-6-11-23,24-12-7-4-8-13-24)16-17-31-18-20-32(21-19-31)26-15-9-14-25(29)22-26/h3-15,22H,16-21H2,1-2H3. The Morgan fingerprint density at radius 3 is 1.94 bits per heavy atom. The summed E-state index contributed by atoms with van der Waals surface area (Å²) in [4.78, 5) is 20.4. The maximum Gasteiger partial charge on any atom is 0.237 e. The number of carbonyl (C=O) groups excluding carboxylic acids is 1. The summed E-state index contributed by atoms with van der Waals surface area (Å²) in [6, 6.07) is 28.5. The second kappa shape index (κ2) is 10.4. The lowest BCUT2D eigenvalue weighted by atomic mass is 9.70. The molecule has 1 saturated heterocycles. The van der Waals surface area contributed by atoms with E-state index in [1.165, 1.54) is 5.69 Å². The Balaban J connectivity index is 1.56. The van der Waals surface area contributed by atoms with Crippen molar-refractivity contribution >= 4 is 23.2 Å². The minimum Gasteiger partial charge on any atom is -0.369 e. The average Bonchev–Trinajstić information content (AvgIpc) is 2.86. The first kappa shape index (κ1) is 23.3. The summed E-state index contributed by atoms with van der Waals surface area (Å²) in [6.07, 6.45) is 0.731. The number of hydrogen-bond donors (Lipinski definition) is 0. The molecule has 0 atom stereocenters. The van der Waals surface area contributed by atoms with E-state index in [2.05, 4.69) is 40.1 Å². The smallest absolute Gasteiger partial charge is 0.237 e. The molecule has 3 aromatic rings. The van der Waals surface area contributed by atoms with E-state index in [0.717, 1.165) is 55.3 Å². The molecule has 3 aromatic carbocycles. The highest BCUT2D eigenvalue weighted by Crippen LogP contribution is 2.38. The van der Waals surface area contributed by atoms with E-state index in [1.807, 2.05) is 68.7 Å². The third-order valence-electron chi connectivity index (χ3n) is 6.65. The van der Waals surface area contributed by atoms with Gasteiger partial charge in [0.1, 0.15) is 5.41 Å². The second-order valence-corrected chi connectivity index (χ2v) is 9.33. The molecule has 0 aromatic heterocycles. The molecule has 1 fully saturated rings. The van der Waals surface area contributed by atoms with Gasteiger partial charge in [-0.2, -0.15) is 0 Å². The third kappa shape index (κ3) is 5.07. The summed E-state index contributed by atoms with van der Waals surface area (Å²) in [7, 11) is 3.71. The lowest BCUT2D eigenvalue weighted by Gasteiger charge is -2.40. The highest BCUT2D eigenvalue weighted by molar-refractivity contribution is 6.30. The first-order chi connectivity index (χ1) is 16.0. The van der Waals surface area contributed by atoms with Crippen LogP contribution in [0.15, 0.2) is 84.9 Å². The van der Waals surface area contributed by atoms with Crippen molar-refractivity contribution in [2.24, 2.45) is 0 Å². The Kier molecular flexibility index (Phi) is 7.36. The first-order valence-electron chi connectivity index (χ1n) is 11.6. The van der Waals surface area contributed by atoms with Gasteiger partial charge in [-0.05, 0) is 42.3 Å². The summed E-state index contributed by atoms with van der Waals surface area (Å²) < 4.78 is 0. The summed E-state index contributed by atoms with van der Waals surface area (Å²) in [5, 5.41) is 0.771. The summed E-state index contributed by atoms with van der Waals surface area (Å²) in [5.41, 5.74) is 2.56. The van der Waals surface area contributed by atoms with E-state index in [4.69, 9.17) is 11.6 Å². The van der Waals surface area contributed by atoms with Gasteiger partial charge in [0.2, 0.25) is 5.91 Å². The van der Waals surface area contributed by atoms with E-state index < -0.39 is 5.41 Å². The molecular weight excluding hydrogens is 430 g/mol. The number of halogens is 1. The van der Waals surface area contributed by atoms with Crippen molar-refractivity contribution in [3.05, 3.63) is 101 Å². The lowest BCUT2D eigenvalue weighted by molar-refractivity contribution is -0.133. The lowest BCUT2D eigenvalue weighted by Crippen LogP contribution is -2.50. The molecule has 0 spiro atoms. The summed E-state index contributed by atoms with van der Waals surface area (Å²) in [6.45, 7) is 4.68. The predicted octanol–water partition coefficient (Wildman–Crippen LogP) is 4.93. The number of carbonyl (C=O) groups is 1. The molecule has 4 rings (SSSR count). The maximum absolute atomic E-state index is 13.8. The zero-order valence-electron chi connectivity index (χ0n) is 19.5. The van der Waals surface area contributed by atoms with E-state index >= 15 is 0 Å². The number of amides is 1. The van der Waals surface area contributed by atoms with E-state index in [-0.39, 0.29) is 5.91 Å². The number of rotatable bonds is 7. The molecular formula is C28H32ClN3O. The number of benzene rings is 3. The van der Waals surface area contributed by atoms with Crippen LogP contribution in [-0.4, -0.2) is 62.5 Å². The number of piperazine rings is 1. The Bertz CT molecular complexity index is 1010. The van der Waals surface area contributed by atoms with Gasteiger partial charge in [0, 0.05) is 51.0 Å². The van der Waals surface area contributed by atoms with Crippen LogP contribution in [0.1, 0.15) is 17.5 Å². The summed E-state index contributed by atoms with van der Waals surface area (Å²) in [5.74, 6) is 0.123. The first-order valence-corrected chi connectivity index (χ1v) is 11.9. The topological polar surface area (TPSA) is 26.8 Å². The van der Waals surface area contributed by atoms with Gasteiger partial charge < -0.3 is 9.80 Å². The maximum atomic E-state index is 13.8. The number of nitrogens with zero attached hydrogens (tertiary/aromatic N) is 3. The van der Waals surface area contributed by atoms with Crippen LogP contribution in [0, 0.1) is 0 Å². The van der Waals surface area contributed by atoms with Crippen molar-refractivity contribution in [1.82, 2.24) is 9.80 Å². The van der Waals surface area contributed by atoms with Gasteiger partial charge in [0.05, 0.1) is 0 Å². The van der Waals surface area contributed by atoms with E-state index in [1.54, 1.807) is 4.90 Å². The van der Waals surface area contributed by atoms with E-state index in [0.29, 0.717) is 0 Å². The SMILES string of the molecule is CN(C)C(=O)C(CCN1CCN(c2cccc(Cl)c2)CC1)(c1ccccc1)c1ccccc1. The van der Waals surface area contributed by atoms with Crippen LogP contribution < -0.4 is 4.90 Å². The highest BCUT2D eigenvalue weighted by Gasteiger charge is 2.43. The second-order valence-electron chi connectivity index (χ2n) is 8.90. The van der Waals surface area contributed by atoms with Crippen molar-refractivity contribution in [2.75, 3.05) is 51.7 Å². The van der Waals surface area contributed by atoms with Crippen molar-refractivity contribution < 1.29 is 4.79 Å². The Labute approximate surface area is 202 Å². The fourth-order valence-electron chi connectivity index (χ4n) is 4.86. The molecule has 33 heavy (non-hydrogen) atoms. The third-order valence-corrected chi connectivity index (χ3v) is 6.89. The van der Waals surface area contributed by atoms with Crippen molar-refractivity contribution in [1.29, 1.82) is 0 Å². The monoisotopic (exact) mass is 461 g/mol. The molecule has 0 radical (unpaired) electrons. The van der Waals surface area contributed by atoms with Crippen molar-refractivity contribution in [3.8, 4) is 0 Å². The molecule has 0 saturated carbocycles. The number of likely N-dealkylation sites (N-methyl/N-ethyl adjacent to an activating group) is 1. The number of hydrogen-bond acceptors (Lipinski definition) is 3. The van der Waals surface area contributed by atoms with Gasteiger partial charge in [-0.15, -0.1) is 0 Å². The van der Waals surface area contributed by atoms with Gasteiger partial charge in [-0.25, -0.2) is 0 Å². The van der Waals surface area contributed by atoms with Crippen molar-refractivity contribution in [3.63, 3.8) is 0 Å². The minimum atomic E-state index is -0.712. The molecule has 5 heteroatoms. The van der Waals surface area contributed by atoms with Crippen LogP contribution in [0.25, 0.3) is 0 Å². The van der Waals surface area contributed by atoms with Crippen LogP contribution in [0.2, 0.25) is 5.02 Å². The highest BCUT2D eigenvalue weighted by atomic mass is 35.5. The predicted molar refractivity (Wildman–Crippen MR) is 137 cm³/mol. The quantitative estimate of drug-likeness (QED) is 0.499. The van der Waals surface area contributed by atoms with Crippen LogP contribution in [0.3, 0.4) is 0 Å².